The predicted molar refractivity (Wildman–Crippen MR) is 91.3 cm³/mol. The number of rotatable bonds is 8. The van der Waals surface area contributed by atoms with Crippen molar-refractivity contribution in [3.63, 3.8) is 0 Å². The maximum absolute atomic E-state index is 12.3. The normalized spacial score (nSPS) is 16.3. The molecule has 0 spiro atoms. The molecular formula is C17H33N3O3. The van der Waals surface area contributed by atoms with Crippen molar-refractivity contribution in [3.8, 4) is 0 Å². The van der Waals surface area contributed by atoms with Crippen molar-refractivity contribution in [3.05, 3.63) is 0 Å². The van der Waals surface area contributed by atoms with Crippen molar-refractivity contribution in [2.24, 2.45) is 5.92 Å². The fraction of sp³-hybridized carbons (Fsp3) is 0.882. The molecule has 6 nitrogen and oxygen atoms in total. The van der Waals surface area contributed by atoms with Crippen molar-refractivity contribution < 1.29 is 14.3 Å². The van der Waals surface area contributed by atoms with Crippen molar-refractivity contribution in [2.45, 2.75) is 71.6 Å². The fourth-order valence-corrected chi connectivity index (χ4v) is 2.33. The zero-order valence-electron chi connectivity index (χ0n) is 15.4. The number of ether oxygens (including phenoxy) is 1. The topological polar surface area (TPSA) is 70.7 Å². The average Bonchev–Trinajstić information content (AvgIpc) is 3.18. The number of amides is 2. The highest BCUT2D eigenvalue weighted by Gasteiger charge is 2.27. The minimum Gasteiger partial charge on any atom is -0.444 e. The fourth-order valence-electron chi connectivity index (χ4n) is 2.33. The van der Waals surface area contributed by atoms with Gasteiger partial charge in [0.05, 0.1) is 0 Å². The third kappa shape index (κ3) is 8.79. The van der Waals surface area contributed by atoms with E-state index in [-0.39, 0.29) is 5.91 Å². The standard InChI is InChI=1S/C17H33N3O3/c1-12(2)11-14(19-16(22)23-17(3,4)5)15(21)18-9-10-20(6)13-7-8-13/h12-14H,7-11H2,1-6H3,(H,18,21)(H,19,22). The summed E-state index contributed by atoms with van der Waals surface area (Å²) in [7, 11) is 2.08. The third-order valence-electron chi connectivity index (χ3n) is 3.65. The van der Waals surface area contributed by atoms with Crippen molar-refractivity contribution in [2.75, 3.05) is 20.1 Å². The molecule has 0 saturated heterocycles. The SMILES string of the molecule is CC(C)CC(NC(=O)OC(C)(C)C)C(=O)NCCN(C)C1CC1. The zero-order valence-corrected chi connectivity index (χ0v) is 15.4. The van der Waals surface area contributed by atoms with E-state index in [9.17, 15) is 9.59 Å². The molecule has 0 radical (unpaired) electrons. The highest BCUT2D eigenvalue weighted by atomic mass is 16.6. The van der Waals surface area contributed by atoms with Crippen molar-refractivity contribution >= 4 is 12.0 Å². The Balaban J connectivity index is 2.44. The lowest BCUT2D eigenvalue weighted by molar-refractivity contribution is -0.123. The Bertz CT molecular complexity index is 400. The molecule has 1 atom stereocenters. The van der Waals surface area contributed by atoms with Gasteiger partial charge in [0.15, 0.2) is 0 Å². The van der Waals surface area contributed by atoms with Crippen LogP contribution in [0.1, 0.15) is 53.9 Å². The van der Waals surface area contributed by atoms with Crippen LogP contribution in [0.3, 0.4) is 0 Å². The lowest BCUT2D eigenvalue weighted by atomic mass is 10.0. The second kappa shape index (κ2) is 8.52. The molecule has 0 aromatic rings. The van der Waals surface area contributed by atoms with Gasteiger partial charge < -0.3 is 20.3 Å². The van der Waals surface area contributed by atoms with Crippen LogP contribution < -0.4 is 10.6 Å². The summed E-state index contributed by atoms with van der Waals surface area (Å²) in [5.74, 6) is 0.156. The van der Waals surface area contributed by atoms with Gasteiger partial charge in [-0.1, -0.05) is 13.8 Å². The molecule has 1 fully saturated rings. The van der Waals surface area contributed by atoms with Crippen LogP contribution in [0.2, 0.25) is 0 Å². The summed E-state index contributed by atoms with van der Waals surface area (Å²) in [5, 5.41) is 5.61. The molecule has 0 aliphatic heterocycles. The molecule has 1 aliphatic rings. The summed E-state index contributed by atoms with van der Waals surface area (Å²) in [6.45, 7) is 10.9. The molecule has 1 rings (SSSR count). The van der Waals surface area contributed by atoms with Gasteiger partial charge in [-0.05, 0) is 53.0 Å². The van der Waals surface area contributed by atoms with Crippen molar-refractivity contribution in [1.29, 1.82) is 0 Å². The lowest BCUT2D eigenvalue weighted by Crippen LogP contribution is -2.49. The van der Waals surface area contributed by atoms with Crippen LogP contribution in [-0.4, -0.2) is 54.7 Å². The maximum Gasteiger partial charge on any atom is 0.408 e. The van der Waals surface area contributed by atoms with E-state index >= 15 is 0 Å². The highest BCUT2D eigenvalue weighted by molar-refractivity contribution is 5.85. The monoisotopic (exact) mass is 327 g/mol. The van der Waals surface area contributed by atoms with E-state index in [0.717, 1.165) is 6.54 Å². The molecule has 1 unspecified atom stereocenters. The smallest absolute Gasteiger partial charge is 0.408 e. The molecule has 1 saturated carbocycles. The summed E-state index contributed by atoms with van der Waals surface area (Å²) >= 11 is 0. The average molecular weight is 327 g/mol. The highest BCUT2D eigenvalue weighted by Crippen LogP contribution is 2.24. The molecule has 0 heterocycles. The Morgan fingerprint density at radius 2 is 1.87 bits per heavy atom. The van der Waals surface area contributed by atoms with Crippen LogP contribution >= 0.6 is 0 Å². The second-order valence-electron chi connectivity index (χ2n) is 7.83. The molecule has 0 bridgehead atoms. The Morgan fingerprint density at radius 3 is 2.35 bits per heavy atom. The minimum absolute atomic E-state index is 0.145. The van der Waals surface area contributed by atoms with Crippen LogP contribution in [0.5, 0.6) is 0 Å². The first-order valence-electron chi connectivity index (χ1n) is 8.56. The van der Waals surface area contributed by atoms with Gasteiger partial charge in [-0.25, -0.2) is 4.79 Å². The third-order valence-corrected chi connectivity index (χ3v) is 3.65. The van der Waals surface area contributed by atoms with Gasteiger partial charge in [-0.3, -0.25) is 4.79 Å². The Morgan fingerprint density at radius 1 is 1.26 bits per heavy atom. The number of likely N-dealkylation sites (N-methyl/N-ethyl adjacent to an activating group) is 1. The van der Waals surface area contributed by atoms with Gasteiger partial charge >= 0.3 is 6.09 Å². The molecule has 0 aromatic carbocycles. The number of nitrogens with zero attached hydrogens (tertiary/aromatic N) is 1. The second-order valence-corrected chi connectivity index (χ2v) is 7.83. The number of alkyl carbamates (subject to hydrolysis) is 1. The molecule has 2 N–H and O–H groups in total. The van der Waals surface area contributed by atoms with Crippen LogP contribution in [0.4, 0.5) is 4.79 Å². The summed E-state index contributed by atoms with van der Waals surface area (Å²) in [6.07, 6.45) is 2.54. The van der Waals surface area contributed by atoms with Gasteiger partial charge in [0, 0.05) is 19.1 Å². The number of carbonyl (C=O) groups is 2. The minimum atomic E-state index is -0.573. The van der Waals surface area contributed by atoms with Gasteiger partial charge in [0.25, 0.3) is 0 Å². The lowest BCUT2D eigenvalue weighted by Gasteiger charge is -2.24. The predicted octanol–water partition coefficient (Wildman–Crippen LogP) is 2.14. The quantitative estimate of drug-likeness (QED) is 0.716. The van der Waals surface area contributed by atoms with Crippen molar-refractivity contribution in [1.82, 2.24) is 15.5 Å². The summed E-state index contributed by atoms with van der Waals surface area (Å²) in [5.41, 5.74) is -0.573. The van der Waals surface area contributed by atoms with E-state index < -0.39 is 17.7 Å². The molecule has 23 heavy (non-hydrogen) atoms. The van der Waals surface area contributed by atoms with E-state index in [4.69, 9.17) is 4.74 Å². The molecule has 0 aromatic heterocycles. The van der Waals surface area contributed by atoms with Crippen LogP contribution in [0.25, 0.3) is 0 Å². The molecule has 1 aliphatic carbocycles. The Kier molecular flexibility index (Phi) is 7.32. The van der Waals surface area contributed by atoms with Crippen LogP contribution in [0.15, 0.2) is 0 Å². The van der Waals surface area contributed by atoms with Gasteiger partial charge in [-0.15, -0.1) is 0 Å². The summed E-state index contributed by atoms with van der Waals surface area (Å²) in [6, 6.07) is 0.120. The summed E-state index contributed by atoms with van der Waals surface area (Å²) in [4.78, 5) is 26.5. The number of carbonyl (C=O) groups excluding carboxylic acids is 2. The number of hydrogen-bond donors (Lipinski definition) is 2. The molecule has 134 valence electrons. The zero-order chi connectivity index (χ0) is 17.6. The van der Waals surface area contributed by atoms with Crippen LogP contribution in [0, 0.1) is 5.92 Å². The summed E-state index contributed by atoms with van der Waals surface area (Å²) < 4.78 is 5.24. The number of hydrogen-bond acceptors (Lipinski definition) is 4. The first-order chi connectivity index (χ1) is 10.6. The van der Waals surface area contributed by atoms with E-state index in [0.29, 0.717) is 24.9 Å². The Labute approximate surface area is 140 Å². The maximum atomic E-state index is 12.3. The molecular weight excluding hydrogens is 294 g/mol. The number of nitrogens with one attached hydrogen (secondary N) is 2. The van der Waals surface area contributed by atoms with E-state index in [1.807, 2.05) is 13.8 Å². The Hall–Kier alpha value is -1.30. The van der Waals surface area contributed by atoms with Gasteiger partial charge in [0.2, 0.25) is 5.91 Å². The van der Waals surface area contributed by atoms with E-state index in [1.165, 1.54) is 12.8 Å². The first-order valence-corrected chi connectivity index (χ1v) is 8.56. The molecule has 6 heteroatoms. The first kappa shape index (κ1) is 19.7. The largest absolute Gasteiger partial charge is 0.444 e. The molecule has 2 amide bonds. The van der Waals surface area contributed by atoms with E-state index in [2.05, 4.69) is 22.6 Å². The van der Waals surface area contributed by atoms with Gasteiger partial charge in [0.1, 0.15) is 11.6 Å². The van der Waals surface area contributed by atoms with E-state index in [1.54, 1.807) is 20.8 Å². The van der Waals surface area contributed by atoms with Crippen LogP contribution in [-0.2, 0) is 9.53 Å². The van der Waals surface area contributed by atoms with Gasteiger partial charge in [-0.2, -0.15) is 0 Å².